The van der Waals surface area contributed by atoms with Crippen molar-refractivity contribution in [3.8, 4) is 0 Å². The number of likely N-dealkylation sites (tertiary alicyclic amines) is 1. The second-order valence-electron chi connectivity index (χ2n) is 8.53. The summed E-state index contributed by atoms with van der Waals surface area (Å²) in [5, 5.41) is 0.978. The van der Waals surface area contributed by atoms with Crippen LogP contribution in [0.15, 0.2) is 78.5 Å². The molecule has 1 aliphatic heterocycles. The molecule has 1 unspecified atom stereocenters. The topological polar surface area (TPSA) is 33.2 Å². The Kier molecular flexibility index (Phi) is 6.29. The van der Waals surface area contributed by atoms with Gasteiger partial charge in [0.1, 0.15) is 0 Å². The molecule has 0 spiro atoms. The van der Waals surface area contributed by atoms with Gasteiger partial charge in [-0.2, -0.15) is 0 Å². The van der Waals surface area contributed by atoms with Crippen molar-refractivity contribution in [2.45, 2.75) is 26.4 Å². The highest BCUT2D eigenvalue weighted by atomic mass is 35.5. The quantitative estimate of drug-likeness (QED) is 0.418. The summed E-state index contributed by atoms with van der Waals surface area (Å²) in [6.45, 7) is 5.35. The summed E-state index contributed by atoms with van der Waals surface area (Å²) in [7, 11) is 0. The van der Waals surface area contributed by atoms with Crippen LogP contribution in [0.1, 0.15) is 36.7 Å². The molecule has 2 heterocycles. The Balaban J connectivity index is 1.86. The highest BCUT2D eigenvalue weighted by molar-refractivity contribution is 6.42. The Morgan fingerprint density at radius 1 is 1.03 bits per heavy atom. The number of Topliss-reactive ketones (excluding diaryl/α,β-unsaturated/α-hetero) is 1. The molecule has 1 aliphatic rings. The number of benzene rings is 2. The predicted octanol–water partition coefficient (Wildman–Crippen LogP) is 6.62. The van der Waals surface area contributed by atoms with Crippen LogP contribution in [0.5, 0.6) is 0 Å². The Morgan fingerprint density at radius 2 is 1.77 bits per heavy atom. The number of rotatable bonds is 4. The van der Waals surface area contributed by atoms with Crippen molar-refractivity contribution in [1.29, 1.82) is 0 Å². The van der Waals surface area contributed by atoms with Crippen LogP contribution in [-0.4, -0.2) is 22.2 Å². The van der Waals surface area contributed by atoms with Gasteiger partial charge >= 0.3 is 0 Å². The Hall–Kier alpha value is -2.46. The second-order valence-corrected chi connectivity index (χ2v) is 9.35. The van der Waals surface area contributed by atoms with Crippen LogP contribution in [0, 0.1) is 5.41 Å². The molecular weight excluding hydrogens is 427 g/mol. The molecule has 5 heteroatoms. The van der Waals surface area contributed by atoms with Crippen LogP contribution in [0.2, 0.25) is 10.0 Å². The molecular formula is C26H24Cl2N2O. The zero-order valence-electron chi connectivity index (χ0n) is 17.6. The zero-order valence-corrected chi connectivity index (χ0v) is 19.1. The van der Waals surface area contributed by atoms with Gasteiger partial charge in [-0.05, 0) is 41.5 Å². The van der Waals surface area contributed by atoms with Crippen molar-refractivity contribution < 1.29 is 4.79 Å². The third-order valence-corrected chi connectivity index (χ3v) is 6.35. The highest BCUT2D eigenvalue weighted by Gasteiger charge is 2.44. The van der Waals surface area contributed by atoms with Crippen LogP contribution in [0.25, 0.3) is 6.08 Å². The first-order valence-corrected chi connectivity index (χ1v) is 11.0. The molecule has 1 fully saturated rings. The van der Waals surface area contributed by atoms with Crippen molar-refractivity contribution >= 4 is 35.1 Å². The smallest absolute Gasteiger partial charge is 0.167 e. The summed E-state index contributed by atoms with van der Waals surface area (Å²) in [5.74, 6) is 0.124. The lowest BCUT2D eigenvalue weighted by molar-refractivity contribution is -0.128. The largest absolute Gasteiger partial charge is 0.294 e. The second kappa shape index (κ2) is 8.96. The standard InChI is InChI=1S/C26H24Cl2N2O/c1-26(2)17-30(16-18-8-4-3-5-9-18)24(19-11-12-22(27)23(28)14-19)21(25(26)31)15-20-10-6-7-13-29-20/h3-15,24H,16-17H2,1-2H3/b21-15+. The van der Waals surface area contributed by atoms with Gasteiger partial charge in [0.2, 0.25) is 0 Å². The molecule has 3 aromatic rings. The van der Waals surface area contributed by atoms with E-state index in [0.717, 1.165) is 11.3 Å². The summed E-state index contributed by atoms with van der Waals surface area (Å²) < 4.78 is 0. The number of ketones is 1. The SMILES string of the molecule is CC1(C)CN(Cc2ccccc2)C(c2ccc(Cl)c(Cl)c2)/C(=C\c2ccccn2)C1=O. The average Bonchev–Trinajstić information content (AvgIpc) is 2.75. The normalized spacial score (nSPS) is 20.2. The van der Waals surface area contributed by atoms with Crippen LogP contribution >= 0.6 is 23.2 Å². The van der Waals surface area contributed by atoms with Gasteiger partial charge in [-0.3, -0.25) is 14.7 Å². The minimum absolute atomic E-state index is 0.124. The minimum atomic E-state index is -0.526. The highest BCUT2D eigenvalue weighted by Crippen LogP contribution is 2.43. The lowest BCUT2D eigenvalue weighted by Crippen LogP contribution is -2.49. The van der Waals surface area contributed by atoms with Crippen molar-refractivity contribution in [2.75, 3.05) is 6.54 Å². The van der Waals surface area contributed by atoms with E-state index in [9.17, 15) is 4.79 Å². The van der Waals surface area contributed by atoms with Crippen LogP contribution in [-0.2, 0) is 11.3 Å². The number of piperidine rings is 1. The molecule has 2 aromatic carbocycles. The predicted molar refractivity (Wildman–Crippen MR) is 127 cm³/mol. The monoisotopic (exact) mass is 450 g/mol. The van der Waals surface area contributed by atoms with Gasteiger partial charge in [0.15, 0.2) is 5.78 Å². The van der Waals surface area contributed by atoms with Crippen molar-refractivity contribution in [3.63, 3.8) is 0 Å². The summed E-state index contributed by atoms with van der Waals surface area (Å²) in [6, 6.07) is 21.4. The van der Waals surface area contributed by atoms with Gasteiger partial charge in [-0.15, -0.1) is 0 Å². The van der Waals surface area contributed by atoms with E-state index in [2.05, 4.69) is 22.0 Å². The van der Waals surface area contributed by atoms with Gasteiger partial charge in [0, 0.05) is 30.3 Å². The summed E-state index contributed by atoms with van der Waals surface area (Å²) in [5.41, 5.74) is 3.08. The van der Waals surface area contributed by atoms with E-state index in [1.165, 1.54) is 5.56 Å². The summed E-state index contributed by atoms with van der Waals surface area (Å²) >= 11 is 12.6. The van der Waals surface area contributed by atoms with Gasteiger partial charge in [0.05, 0.1) is 21.8 Å². The molecule has 1 aromatic heterocycles. The van der Waals surface area contributed by atoms with E-state index in [1.807, 2.05) is 68.5 Å². The number of carbonyl (C=O) groups is 1. The maximum atomic E-state index is 13.6. The Bertz CT molecular complexity index is 1110. The average molecular weight is 451 g/mol. The first kappa shape index (κ1) is 21.8. The Labute approximate surface area is 193 Å². The number of aromatic nitrogens is 1. The van der Waals surface area contributed by atoms with Gasteiger partial charge in [0.25, 0.3) is 0 Å². The maximum Gasteiger partial charge on any atom is 0.167 e. The molecule has 3 nitrogen and oxygen atoms in total. The maximum absolute atomic E-state index is 13.6. The molecule has 4 rings (SSSR count). The number of hydrogen-bond donors (Lipinski definition) is 0. The van der Waals surface area contributed by atoms with Crippen molar-refractivity contribution in [1.82, 2.24) is 9.88 Å². The van der Waals surface area contributed by atoms with E-state index in [0.29, 0.717) is 28.7 Å². The van der Waals surface area contributed by atoms with Gasteiger partial charge in [-0.1, -0.05) is 79.5 Å². The van der Waals surface area contributed by atoms with Crippen LogP contribution in [0.4, 0.5) is 0 Å². The lowest BCUT2D eigenvalue weighted by atomic mass is 9.74. The molecule has 158 valence electrons. The number of halogens is 2. The fourth-order valence-corrected chi connectivity index (χ4v) is 4.49. The molecule has 1 saturated heterocycles. The van der Waals surface area contributed by atoms with Crippen molar-refractivity contribution in [2.24, 2.45) is 5.41 Å². The molecule has 0 amide bonds. The van der Waals surface area contributed by atoms with Gasteiger partial charge in [-0.25, -0.2) is 0 Å². The van der Waals surface area contributed by atoms with Gasteiger partial charge < -0.3 is 0 Å². The molecule has 0 N–H and O–H groups in total. The van der Waals surface area contributed by atoms with Crippen molar-refractivity contribution in [3.05, 3.63) is 105 Å². The van der Waals surface area contributed by atoms with E-state index in [1.54, 1.807) is 12.3 Å². The molecule has 0 bridgehead atoms. The van der Waals surface area contributed by atoms with Crippen LogP contribution < -0.4 is 0 Å². The zero-order chi connectivity index (χ0) is 22.0. The summed E-state index contributed by atoms with van der Waals surface area (Å²) in [4.78, 5) is 20.4. The lowest BCUT2D eigenvalue weighted by Gasteiger charge is -2.44. The molecule has 31 heavy (non-hydrogen) atoms. The molecule has 0 saturated carbocycles. The first-order valence-electron chi connectivity index (χ1n) is 10.3. The minimum Gasteiger partial charge on any atom is -0.294 e. The van der Waals surface area contributed by atoms with E-state index >= 15 is 0 Å². The van der Waals surface area contributed by atoms with Crippen LogP contribution in [0.3, 0.4) is 0 Å². The van der Waals surface area contributed by atoms with E-state index in [-0.39, 0.29) is 11.8 Å². The first-order chi connectivity index (χ1) is 14.8. The molecule has 0 radical (unpaired) electrons. The Morgan fingerprint density at radius 3 is 2.45 bits per heavy atom. The number of pyridine rings is 1. The number of carbonyl (C=O) groups excluding carboxylic acids is 1. The number of nitrogens with zero attached hydrogens (tertiary/aromatic N) is 2. The third kappa shape index (κ3) is 4.74. The summed E-state index contributed by atoms with van der Waals surface area (Å²) in [6.07, 6.45) is 3.65. The van der Waals surface area contributed by atoms with E-state index < -0.39 is 5.41 Å². The fraction of sp³-hybridized carbons (Fsp3) is 0.231. The van der Waals surface area contributed by atoms with E-state index in [4.69, 9.17) is 23.2 Å². The third-order valence-electron chi connectivity index (χ3n) is 5.61. The molecule has 1 atom stereocenters. The number of hydrogen-bond acceptors (Lipinski definition) is 3. The fourth-order valence-electron chi connectivity index (χ4n) is 4.19. The molecule has 0 aliphatic carbocycles.